The van der Waals surface area contributed by atoms with Crippen LogP contribution in [0.5, 0.6) is 0 Å². The number of nitrogens with zero attached hydrogens (tertiary/aromatic N) is 3. The molecular weight excluding hydrogens is 739 g/mol. The van der Waals surface area contributed by atoms with Gasteiger partial charge in [0.1, 0.15) is 11.2 Å². The first-order valence-corrected chi connectivity index (χ1v) is 20.7. The lowest BCUT2D eigenvalue weighted by molar-refractivity contribution is 0.669. The number of para-hydroxylation sites is 5. The van der Waals surface area contributed by atoms with E-state index in [-0.39, 0.29) is 0 Å². The molecule has 2 heterocycles. The highest BCUT2D eigenvalue weighted by Gasteiger charge is 2.25. The van der Waals surface area contributed by atoms with Gasteiger partial charge in [-0.25, -0.2) is 0 Å². The van der Waals surface area contributed by atoms with E-state index >= 15 is 0 Å². The van der Waals surface area contributed by atoms with E-state index in [0.29, 0.717) is 0 Å². The summed E-state index contributed by atoms with van der Waals surface area (Å²) in [7, 11) is 0. The van der Waals surface area contributed by atoms with E-state index in [1.807, 2.05) is 11.3 Å². The first-order chi connectivity index (χ1) is 29.3. The van der Waals surface area contributed by atoms with Crippen molar-refractivity contribution in [2.45, 2.75) is 0 Å². The van der Waals surface area contributed by atoms with Crippen molar-refractivity contribution in [3.63, 3.8) is 0 Å². The molecule has 11 rings (SSSR count). The molecule has 0 amide bonds. The molecule has 0 atom stereocenters. The maximum Gasteiger partial charge on any atom is 0.139 e. The molecule has 0 aliphatic rings. The van der Waals surface area contributed by atoms with E-state index in [0.717, 1.165) is 73.1 Å². The van der Waals surface area contributed by atoms with Crippen LogP contribution in [-0.4, -0.2) is 0 Å². The minimum Gasteiger partial charge on any atom is -0.456 e. The second kappa shape index (κ2) is 14.7. The fourth-order valence-electron chi connectivity index (χ4n) is 8.36. The number of thiophene rings is 1. The molecule has 0 saturated heterocycles. The van der Waals surface area contributed by atoms with E-state index < -0.39 is 0 Å². The van der Waals surface area contributed by atoms with Gasteiger partial charge in [-0.3, -0.25) is 0 Å². The molecule has 0 aliphatic carbocycles. The quantitative estimate of drug-likeness (QED) is 0.146. The summed E-state index contributed by atoms with van der Waals surface area (Å²) in [5.74, 6) is 0. The van der Waals surface area contributed by atoms with Crippen molar-refractivity contribution < 1.29 is 4.42 Å². The van der Waals surface area contributed by atoms with E-state index in [2.05, 4.69) is 239 Å². The highest BCUT2D eigenvalue weighted by atomic mass is 32.1. The third-order valence-corrected chi connectivity index (χ3v) is 12.1. The van der Waals surface area contributed by atoms with Gasteiger partial charge in [-0.05, 0) is 103 Å². The van der Waals surface area contributed by atoms with Gasteiger partial charge in [-0.2, -0.15) is 0 Å². The molecule has 0 N–H and O–H groups in total. The molecule has 0 bridgehead atoms. The molecular formula is C54H37N3OS. The van der Waals surface area contributed by atoms with E-state index in [1.165, 1.54) is 20.2 Å². The normalized spacial score (nSPS) is 11.4. The van der Waals surface area contributed by atoms with Crippen LogP contribution in [0.4, 0.5) is 51.2 Å². The van der Waals surface area contributed by atoms with Crippen molar-refractivity contribution in [1.82, 2.24) is 0 Å². The number of furan rings is 1. The van der Waals surface area contributed by atoms with Gasteiger partial charge >= 0.3 is 0 Å². The van der Waals surface area contributed by atoms with Crippen LogP contribution in [0.1, 0.15) is 0 Å². The number of fused-ring (bicyclic) bond motifs is 6. The van der Waals surface area contributed by atoms with Gasteiger partial charge in [0.25, 0.3) is 0 Å². The third-order valence-electron chi connectivity index (χ3n) is 11.0. The molecule has 0 spiro atoms. The van der Waals surface area contributed by atoms with Crippen molar-refractivity contribution in [2.75, 3.05) is 14.7 Å². The Morgan fingerprint density at radius 1 is 0.288 bits per heavy atom. The van der Waals surface area contributed by atoms with Gasteiger partial charge in [-0.1, -0.05) is 115 Å². The minimum atomic E-state index is 0.802. The second-order valence-corrected chi connectivity index (χ2v) is 15.7. The van der Waals surface area contributed by atoms with Gasteiger partial charge < -0.3 is 19.1 Å². The van der Waals surface area contributed by atoms with Crippen LogP contribution < -0.4 is 14.7 Å². The Kier molecular flexibility index (Phi) is 8.64. The molecule has 5 heteroatoms. The summed E-state index contributed by atoms with van der Waals surface area (Å²) in [6.45, 7) is 0. The molecule has 0 fully saturated rings. The molecule has 0 aliphatic heterocycles. The van der Waals surface area contributed by atoms with E-state index in [1.54, 1.807) is 0 Å². The fraction of sp³-hybridized carbons (Fsp3) is 0. The fourth-order valence-corrected chi connectivity index (χ4v) is 9.50. The summed E-state index contributed by atoms with van der Waals surface area (Å²) in [5.41, 5.74) is 11.1. The van der Waals surface area contributed by atoms with Gasteiger partial charge in [0, 0.05) is 71.4 Å². The maximum absolute atomic E-state index is 6.94. The summed E-state index contributed by atoms with van der Waals surface area (Å²) >= 11 is 1.84. The van der Waals surface area contributed by atoms with Gasteiger partial charge in [-0.15, -0.1) is 11.3 Å². The Balaban J connectivity index is 1.18. The minimum absolute atomic E-state index is 0.802. The number of anilines is 9. The molecule has 280 valence electrons. The zero-order valence-corrected chi connectivity index (χ0v) is 32.8. The van der Waals surface area contributed by atoms with Crippen LogP contribution >= 0.6 is 11.3 Å². The lowest BCUT2D eigenvalue weighted by atomic mass is 10.0. The summed E-state index contributed by atoms with van der Waals surface area (Å²) in [5, 5.41) is 4.64. The van der Waals surface area contributed by atoms with Crippen molar-refractivity contribution >= 4 is 105 Å². The summed E-state index contributed by atoms with van der Waals surface area (Å²) in [6.07, 6.45) is 0. The van der Waals surface area contributed by atoms with Crippen LogP contribution in [0.3, 0.4) is 0 Å². The highest BCUT2D eigenvalue weighted by molar-refractivity contribution is 7.25. The topological polar surface area (TPSA) is 22.9 Å². The highest BCUT2D eigenvalue weighted by Crippen LogP contribution is 2.49. The van der Waals surface area contributed by atoms with Gasteiger partial charge in [0.15, 0.2) is 0 Å². The number of rotatable bonds is 9. The molecule has 0 unspecified atom stereocenters. The van der Waals surface area contributed by atoms with E-state index in [9.17, 15) is 0 Å². The average molecular weight is 776 g/mol. The predicted molar refractivity (Wildman–Crippen MR) is 251 cm³/mol. The van der Waals surface area contributed by atoms with Crippen LogP contribution in [-0.2, 0) is 0 Å². The van der Waals surface area contributed by atoms with Gasteiger partial charge in [0.05, 0.1) is 16.8 Å². The van der Waals surface area contributed by atoms with Gasteiger partial charge in [0.2, 0.25) is 0 Å². The van der Waals surface area contributed by atoms with Crippen molar-refractivity contribution in [1.29, 1.82) is 0 Å². The molecule has 59 heavy (non-hydrogen) atoms. The van der Waals surface area contributed by atoms with Crippen LogP contribution in [0.15, 0.2) is 229 Å². The molecule has 4 nitrogen and oxygen atoms in total. The largest absolute Gasteiger partial charge is 0.456 e. The Bertz CT molecular complexity index is 3140. The third kappa shape index (κ3) is 6.25. The summed E-state index contributed by atoms with van der Waals surface area (Å²) < 4.78 is 9.50. The number of hydrogen-bond donors (Lipinski definition) is 0. The summed E-state index contributed by atoms with van der Waals surface area (Å²) in [4.78, 5) is 7.01. The first kappa shape index (κ1) is 34.6. The predicted octanol–water partition coefficient (Wildman–Crippen LogP) is 16.4. The van der Waals surface area contributed by atoms with Crippen molar-refractivity contribution in [3.8, 4) is 0 Å². The SMILES string of the molecule is c1ccc(N(c2ccccc2)c2cc(N(c3ccccc3)c3ccccc3)c3c(c2)oc2ccc(N(c4ccccc4)c4ccc5c(c4)sc4ccccc45)cc23)cc1. The van der Waals surface area contributed by atoms with E-state index in [4.69, 9.17) is 4.42 Å². The van der Waals surface area contributed by atoms with Crippen LogP contribution in [0, 0.1) is 0 Å². The van der Waals surface area contributed by atoms with Crippen molar-refractivity contribution in [3.05, 3.63) is 224 Å². The number of hydrogen-bond acceptors (Lipinski definition) is 5. The molecule has 2 aromatic heterocycles. The first-order valence-electron chi connectivity index (χ1n) is 19.8. The lowest BCUT2D eigenvalue weighted by Crippen LogP contribution is -2.13. The monoisotopic (exact) mass is 775 g/mol. The standard InChI is InChI=1S/C54H37N3OS/c1-6-18-38(19-7-1)55(39-20-8-2-9-21-39)45-35-49(57(41-24-12-4-13-25-41)42-26-14-5-15-27-42)54-48-34-43(31-33-50(48)58-51(54)36-45)56(40-22-10-3-11-23-40)44-30-32-47-46-28-16-17-29-52(46)59-53(47)37-44/h1-37H. The average Bonchev–Trinajstić information content (AvgIpc) is 3.86. The maximum atomic E-state index is 6.94. The molecule has 0 radical (unpaired) electrons. The molecule has 0 saturated carbocycles. The van der Waals surface area contributed by atoms with Crippen molar-refractivity contribution in [2.24, 2.45) is 0 Å². The molecule has 9 aromatic carbocycles. The zero-order chi connectivity index (χ0) is 39.1. The number of benzene rings is 9. The zero-order valence-electron chi connectivity index (χ0n) is 32.0. The Labute approximate surface area is 346 Å². The Morgan fingerprint density at radius 3 is 1.32 bits per heavy atom. The summed E-state index contributed by atoms with van der Waals surface area (Å²) in [6, 6.07) is 79.6. The lowest BCUT2D eigenvalue weighted by Gasteiger charge is -2.30. The Morgan fingerprint density at radius 2 is 0.746 bits per heavy atom. The Hall–Kier alpha value is -7.60. The smallest absolute Gasteiger partial charge is 0.139 e. The van der Waals surface area contributed by atoms with Crippen LogP contribution in [0.2, 0.25) is 0 Å². The van der Waals surface area contributed by atoms with Crippen LogP contribution in [0.25, 0.3) is 42.1 Å². The second-order valence-electron chi connectivity index (χ2n) is 14.6. The molecule has 11 aromatic rings.